The number of amides is 1. The van der Waals surface area contributed by atoms with Gasteiger partial charge >= 0.3 is 6.18 Å². The number of aromatic nitrogens is 2. The largest absolute Gasteiger partial charge is 0.461 e. The lowest BCUT2D eigenvalue weighted by molar-refractivity contribution is -0.137. The zero-order valence-electron chi connectivity index (χ0n) is 18.5. The van der Waals surface area contributed by atoms with Crippen molar-refractivity contribution in [3.63, 3.8) is 0 Å². The molecule has 0 bridgehead atoms. The summed E-state index contributed by atoms with van der Waals surface area (Å²) < 4.78 is 44.6. The molecule has 10 heteroatoms. The molecule has 180 valence electrons. The summed E-state index contributed by atoms with van der Waals surface area (Å²) in [6, 6.07) is 16.5. The van der Waals surface area contributed by atoms with Gasteiger partial charge in [0.25, 0.3) is 0 Å². The van der Waals surface area contributed by atoms with Crippen molar-refractivity contribution in [1.82, 2.24) is 14.9 Å². The summed E-state index contributed by atoms with van der Waals surface area (Å²) in [5.74, 6) is 1.16. The molecule has 6 nitrogen and oxygen atoms in total. The van der Waals surface area contributed by atoms with Gasteiger partial charge in [0, 0.05) is 37.3 Å². The Bertz CT molecular complexity index is 1340. The van der Waals surface area contributed by atoms with Gasteiger partial charge in [0.2, 0.25) is 5.91 Å². The van der Waals surface area contributed by atoms with E-state index in [0.717, 1.165) is 23.0 Å². The molecule has 0 saturated carbocycles. The van der Waals surface area contributed by atoms with Gasteiger partial charge in [-0.1, -0.05) is 36.0 Å². The molecule has 1 saturated heterocycles. The topological polar surface area (TPSA) is 62.5 Å². The molecule has 1 aliphatic rings. The molecule has 0 radical (unpaired) electrons. The average molecular weight is 499 g/mol. The Balaban J connectivity index is 1.24. The van der Waals surface area contributed by atoms with Crippen LogP contribution >= 0.6 is 11.8 Å². The van der Waals surface area contributed by atoms with Crippen LogP contribution < -0.4 is 4.90 Å². The number of furan rings is 1. The molecule has 1 fully saturated rings. The number of fused-ring (bicyclic) bond motifs is 1. The van der Waals surface area contributed by atoms with E-state index in [1.165, 1.54) is 17.8 Å². The summed E-state index contributed by atoms with van der Waals surface area (Å²) >= 11 is 1.34. The van der Waals surface area contributed by atoms with Crippen molar-refractivity contribution in [2.45, 2.75) is 11.2 Å². The number of carbonyl (C=O) groups is 1. The third kappa shape index (κ3) is 5.12. The highest BCUT2D eigenvalue weighted by Gasteiger charge is 2.31. The van der Waals surface area contributed by atoms with E-state index in [2.05, 4.69) is 9.97 Å². The van der Waals surface area contributed by atoms with Gasteiger partial charge < -0.3 is 14.2 Å². The number of benzene rings is 2. The highest BCUT2D eigenvalue weighted by Crippen LogP contribution is 2.32. The molecular weight excluding hydrogens is 477 g/mol. The number of piperazine rings is 1. The lowest BCUT2D eigenvalue weighted by Crippen LogP contribution is -2.49. The van der Waals surface area contributed by atoms with E-state index < -0.39 is 11.7 Å². The predicted molar refractivity (Wildman–Crippen MR) is 128 cm³/mol. The van der Waals surface area contributed by atoms with Crippen LogP contribution in [0.5, 0.6) is 0 Å². The molecule has 0 aliphatic carbocycles. The smallest absolute Gasteiger partial charge is 0.416 e. The third-order valence-corrected chi connectivity index (χ3v) is 6.79. The molecule has 5 rings (SSSR count). The Labute approximate surface area is 203 Å². The molecule has 2 aromatic heterocycles. The van der Waals surface area contributed by atoms with Crippen LogP contribution in [0.25, 0.3) is 22.5 Å². The monoisotopic (exact) mass is 498 g/mol. The number of anilines is 1. The van der Waals surface area contributed by atoms with Gasteiger partial charge in [0.15, 0.2) is 11.6 Å². The van der Waals surface area contributed by atoms with Crippen LogP contribution in [0.15, 0.2) is 76.4 Å². The first-order valence-electron chi connectivity index (χ1n) is 11.0. The molecule has 3 heterocycles. The van der Waals surface area contributed by atoms with Crippen LogP contribution in [0.2, 0.25) is 0 Å². The number of thioether (sulfide) groups is 1. The van der Waals surface area contributed by atoms with Crippen molar-refractivity contribution in [3.8, 4) is 11.6 Å². The maximum atomic E-state index is 13.0. The van der Waals surface area contributed by atoms with E-state index >= 15 is 0 Å². The second-order valence-electron chi connectivity index (χ2n) is 8.05. The second-order valence-corrected chi connectivity index (χ2v) is 9.02. The Morgan fingerprint density at radius 1 is 0.971 bits per heavy atom. The number of alkyl halides is 3. The van der Waals surface area contributed by atoms with Crippen LogP contribution in [0.3, 0.4) is 0 Å². The van der Waals surface area contributed by atoms with Crippen molar-refractivity contribution in [3.05, 3.63) is 72.5 Å². The summed E-state index contributed by atoms with van der Waals surface area (Å²) in [6.07, 6.45) is -2.82. The minimum atomic E-state index is -4.38. The van der Waals surface area contributed by atoms with Crippen molar-refractivity contribution >= 4 is 34.3 Å². The Hall–Kier alpha value is -3.53. The number of para-hydroxylation sites is 1. The van der Waals surface area contributed by atoms with Gasteiger partial charge in [-0.25, -0.2) is 9.97 Å². The summed E-state index contributed by atoms with van der Waals surface area (Å²) in [7, 11) is 0. The third-order valence-electron chi connectivity index (χ3n) is 5.81. The summed E-state index contributed by atoms with van der Waals surface area (Å²) in [4.78, 5) is 25.7. The zero-order valence-corrected chi connectivity index (χ0v) is 19.4. The van der Waals surface area contributed by atoms with Gasteiger partial charge in [-0.15, -0.1) is 0 Å². The van der Waals surface area contributed by atoms with Gasteiger partial charge in [-0.2, -0.15) is 13.2 Å². The minimum Gasteiger partial charge on any atom is -0.461 e. The number of nitrogens with zero attached hydrogens (tertiary/aromatic N) is 4. The summed E-state index contributed by atoms with van der Waals surface area (Å²) in [5.41, 5.74) is 0.605. The standard InChI is InChI=1S/C25H21F3N4O2S/c26-25(27,28)17-5-3-6-18(15-17)31-10-12-32(13-11-31)22(33)16-35-24-19-7-1-2-8-20(19)29-23(30-24)21-9-4-14-34-21/h1-9,14-15H,10-13,16H2. The highest BCUT2D eigenvalue weighted by atomic mass is 32.2. The van der Waals surface area contributed by atoms with Crippen molar-refractivity contribution in [2.75, 3.05) is 36.8 Å². The lowest BCUT2D eigenvalue weighted by Gasteiger charge is -2.36. The van der Waals surface area contributed by atoms with Gasteiger partial charge in [0.05, 0.1) is 23.1 Å². The van der Waals surface area contributed by atoms with Crippen LogP contribution in [0.4, 0.5) is 18.9 Å². The molecule has 0 atom stereocenters. The maximum absolute atomic E-state index is 13.0. The van der Waals surface area contributed by atoms with E-state index in [1.807, 2.05) is 29.2 Å². The predicted octanol–water partition coefficient (Wildman–Crippen LogP) is 5.35. The fraction of sp³-hybridized carbons (Fsp3) is 0.240. The normalized spacial score (nSPS) is 14.5. The van der Waals surface area contributed by atoms with Crippen LogP contribution in [0.1, 0.15) is 5.56 Å². The Morgan fingerprint density at radius 2 is 1.77 bits per heavy atom. The van der Waals surface area contributed by atoms with Crippen LogP contribution in [-0.2, 0) is 11.0 Å². The second kappa shape index (κ2) is 9.61. The van der Waals surface area contributed by atoms with Gasteiger partial charge in [-0.3, -0.25) is 4.79 Å². The quantitative estimate of drug-likeness (QED) is 0.273. The first-order chi connectivity index (χ1) is 16.9. The highest BCUT2D eigenvalue weighted by molar-refractivity contribution is 8.00. The summed E-state index contributed by atoms with van der Waals surface area (Å²) in [5, 5.41) is 1.55. The molecular formula is C25H21F3N4O2S. The Morgan fingerprint density at radius 3 is 2.51 bits per heavy atom. The first-order valence-corrected chi connectivity index (χ1v) is 12.0. The maximum Gasteiger partial charge on any atom is 0.416 e. The van der Waals surface area contributed by atoms with Crippen molar-refractivity contribution in [1.29, 1.82) is 0 Å². The number of hydrogen-bond acceptors (Lipinski definition) is 6. The summed E-state index contributed by atoms with van der Waals surface area (Å²) in [6.45, 7) is 1.82. The van der Waals surface area contributed by atoms with E-state index in [9.17, 15) is 18.0 Å². The molecule has 4 aromatic rings. The SMILES string of the molecule is O=C(CSc1nc(-c2ccco2)nc2ccccc12)N1CCN(c2cccc(C(F)(F)F)c2)CC1. The van der Waals surface area contributed by atoms with E-state index in [4.69, 9.17) is 4.42 Å². The van der Waals surface area contributed by atoms with Crippen molar-refractivity contribution < 1.29 is 22.4 Å². The first kappa shape index (κ1) is 23.2. The molecule has 0 unspecified atom stereocenters. The van der Waals surface area contributed by atoms with E-state index in [-0.39, 0.29) is 11.7 Å². The van der Waals surface area contributed by atoms with Crippen LogP contribution in [-0.4, -0.2) is 52.7 Å². The fourth-order valence-electron chi connectivity index (χ4n) is 3.99. The molecule has 1 aliphatic heterocycles. The number of hydrogen-bond donors (Lipinski definition) is 0. The molecule has 1 amide bonds. The zero-order chi connectivity index (χ0) is 24.4. The molecule has 0 N–H and O–H groups in total. The van der Waals surface area contributed by atoms with Gasteiger partial charge in [0.1, 0.15) is 5.03 Å². The number of rotatable bonds is 5. The van der Waals surface area contributed by atoms with E-state index in [1.54, 1.807) is 29.4 Å². The van der Waals surface area contributed by atoms with E-state index in [0.29, 0.717) is 48.5 Å². The molecule has 35 heavy (non-hydrogen) atoms. The lowest BCUT2D eigenvalue weighted by atomic mass is 10.1. The number of carbonyl (C=O) groups excluding carboxylic acids is 1. The molecule has 0 spiro atoms. The average Bonchev–Trinajstić information content (AvgIpc) is 3.42. The van der Waals surface area contributed by atoms with Crippen molar-refractivity contribution in [2.24, 2.45) is 0 Å². The Kier molecular flexibility index (Phi) is 6.38. The fourth-order valence-corrected chi connectivity index (χ4v) is 4.91. The van der Waals surface area contributed by atoms with Crippen LogP contribution in [0, 0.1) is 0 Å². The minimum absolute atomic E-state index is 0.0408. The molecule has 2 aromatic carbocycles. The van der Waals surface area contributed by atoms with Gasteiger partial charge in [-0.05, 0) is 36.4 Å². The number of halogens is 3.